The smallest absolute Gasteiger partial charge is 0.269 e. The van der Waals surface area contributed by atoms with Crippen LogP contribution in [0.1, 0.15) is 12.0 Å². The fraction of sp³-hybridized carbons (Fsp3) is 0.250. The SMILES string of the molecule is O=C(Cn1c(=O)cnc2ccccc21)NCCCS(=O)(=O)Cc1ccccc1. The first-order chi connectivity index (χ1) is 13.4. The molecule has 28 heavy (non-hydrogen) atoms. The van der Waals surface area contributed by atoms with Gasteiger partial charge in [-0.3, -0.25) is 14.2 Å². The molecule has 0 unspecified atom stereocenters. The second kappa shape index (κ2) is 8.79. The van der Waals surface area contributed by atoms with E-state index in [-0.39, 0.29) is 36.1 Å². The number of benzene rings is 2. The molecular weight excluding hydrogens is 378 g/mol. The van der Waals surface area contributed by atoms with Crippen molar-refractivity contribution in [3.63, 3.8) is 0 Å². The summed E-state index contributed by atoms with van der Waals surface area (Å²) in [4.78, 5) is 28.3. The summed E-state index contributed by atoms with van der Waals surface area (Å²) < 4.78 is 25.7. The zero-order valence-electron chi connectivity index (χ0n) is 15.2. The summed E-state index contributed by atoms with van der Waals surface area (Å²) >= 11 is 0. The summed E-state index contributed by atoms with van der Waals surface area (Å²) in [5.41, 5.74) is 1.59. The number of aromatic nitrogens is 2. The lowest BCUT2D eigenvalue weighted by Gasteiger charge is -2.10. The van der Waals surface area contributed by atoms with E-state index in [0.29, 0.717) is 17.5 Å². The van der Waals surface area contributed by atoms with Crippen LogP contribution in [-0.2, 0) is 26.9 Å². The molecule has 7 nitrogen and oxygen atoms in total. The molecular formula is C20H21N3O4S. The standard InChI is InChI=1S/C20H21N3O4S/c24-19(14-23-18-10-5-4-9-17(18)22-13-20(23)25)21-11-6-12-28(26,27)15-16-7-2-1-3-8-16/h1-5,7-10,13H,6,11-12,14-15H2,(H,21,24). The normalized spacial score (nSPS) is 11.4. The van der Waals surface area contributed by atoms with Gasteiger partial charge in [-0.2, -0.15) is 0 Å². The van der Waals surface area contributed by atoms with Gasteiger partial charge in [0.15, 0.2) is 9.84 Å². The van der Waals surface area contributed by atoms with Crippen molar-refractivity contribution in [1.82, 2.24) is 14.9 Å². The maximum atomic E-state index is 12.2. The van der Waals surface area contributed by atoms with E-state index < -0.39 is 9.84 Å². The minimum Gasteiger partial charge on any atom is -0.355 e. The number of carbonyl (C=O) groups is 1. The third-order valence-corrected chi connectivity index (χ3v) is 5.92. The Balaban J connectivity index is 1.52. The van der Waals surface area contributed by atoms with E-state index in [2.05, 4.69) is 10.3 Å². The molecule has 1 aromatic heterocycles. The number of hydrogen-bond acceptors (Lipinski definition) is 5. The van der Waals surface area contributed by atoms with E-state index in [0.717, 1.165) is 5.56 Å². The lowest BCUT2D eigenvalue weighted by atomic mass is 10.2. The number of rotatable bonds is 8. The number of hydrogen-bond donors (Lipinski definition) is 1. The van der Waals surface area contributed by atoms with Crippen molar-refractivity contribution in [3.8, 4) is 0 Å². The van der Waals surface area contributed by atoms with Crippen molar-refractivity contribution in [1.29, 1.82) is 0 Å². The van der Waals surface area contributed by atoms with E-state index in [1.54, 1.807) is 48.5 Å². The molecule has 1 N–H and O–H groups in total. The molecule has 2 aromatic carbocycles. The molecule has 0 aliphatic rings. The van der Waals surface area contributed by atoms with Crippen molar-refractivity contribution in [2.75, 3.05) is 12.3 Å². The predicted molar refractivity (Wildman–Crippen MR) is 108 cm³/mol. The molecule has 0 aliphatic carbocycles. The average molecular weight is 399 g/mol. The maximum absolute atomic E-state index is 12.2. The lowest BCUT2D eigenvalue weighted by molar-refractivity contribution is -0.121. The van der Waals surface area contributed by atoms with Crippen LogP contribution >= 0.6 is 0 Å². The molecule has 0 fully saturated rings. The molecule has 1 heterocycles. The van der Waals surface area contributed by atoms with Crippen molar-refractivity contribution < 1.29 is 13.2 Å². The van der Waals surface area contributed by atoms with Gasteiger partial charge >= 0.3 is 0 Å². The summed E-state index contributed by atoms with van der Waals surface area (Å²) in [5.74, 6) is -0.376. The Bertz CT molecular complexity index is 1120. The molecule has 0 spiro atoms. The molecule has 0 atom stereocenters. The average Bonchev–Trinajstić information content (AvgIpc) is 2.68. The van der Waals surface area contributed by atoms with Gasteiger partial charge < -0.3 is 5.32 Å². The van der Waals surface area contributed by atoms with Crippen molar-refractivity contribution in [3.05, 3.63) is 76.7 Å². The Morgan fingerprint density at radius 3 is 2.54 bits per heavy atom. The highest BCUT2D eigenvalue weighted by atomic mass is 32.2. The number of fused-ring (bicyclic) bond motifs is 1. The van der Waals surface area contributed by atoms with Gasteiger partial charge in [0.1, 0.15) is 6.54 Å². The summed E-state index contributed by atoms with van der Waals surface area (Å²) in [6.45, 7) is 0.0866. The molecule has 0 saturated heterocycles. The van der Waals surface area contributed by atoms with E-state index >= 15 is 0 Å². The first kappa shape index (κ1) is 19.8. The highest BCUT2D eigenvalue weighted by molar-refractivity contribution is 7.90. The zero-order valence-corrected chi connectivity index (χ0v) is 16.1. The van der Waals surface area contributed by atoms with E-state index in [1.165, 1.54) is 10.8 Å². The Hall–Kier alpha value is -3.00. The number of amides is 1. The molecule has 0 bridgehead atoms. The number of nitrogens with zero attached hydrogens (tertiary/aromatic N) is 2. The third-order valence-electron chi connectivity index (χ3n) is 4.24. The fourth-order valence-corrected chi connectivity index (χ4v) is 4.33. The highest BCUT2D eigenvalue weighted by Gasteiger charge is 2.12. The van der Waals surface area contributed by atoms with E-state index in [4.69, 9.17) is 0 Å². The van der Waals surface area contributed by atoms with Gasteiger partial charge in [0.25, 0.3) is 5.56 Å². The van der Waals surface area contributed by atoms with Crippen LogP contribution in [0, 0.1) is 0 Å². The van der Waals surface area contributed by atoms with Gasteiger partial charge in [0.05, 0.1) is 28.7 Å². The second-order valence-corrected chi connectivity index (χ2v) is 8.64. The van der Waals surface area contributed by atoms with Crippen LogP contribution in [0.2, 0.25) is 0 Å². The molecule has 0 aliphatic heterocycles. The Morgan fingerprint density at radius 2 is 1.75 bits per heavy atom. The van der Waals surface area contributed by atoms with Crippen molar-refractivity contribution >= 4 is 26.8 Å². The fourth-order valence-electron chi connectivity index (χ4n) is 2.90. The number of carbonyl (C=O) groups excluding carboxylic acids is 1. The summed E-state index contributed by atoms with van der Waals surface area (Å²) in [6, 6.07) is 16.1. The number of para-hydroxylation sites is 2. The van der Waals surface area contributed by atoms with Crippen LogP contribution in [0.25, 0.3) is 11.0 Å². The summed E-state index contributed by atoms with van der Waals surface area (Å²) in [5, 5.41) is 2.68. The Kier molecular flexibility index (Phi) is 6.20. The zero-order chi connectivity index (χ0) is 20.0. The Morgan fingerprint density at radius 1 is 1.04 bits per heavy atom. The number of nitrogens with one attached hydrogen (secondary N) is 1. The second-order valence-electron chi connectivity index (χ2n) is 6.45. The third kappa shape index (κ3) is 5.26. The predicted octanol–water partition coefficient (Wildman–Crippen LogP) is 1.52. The van der Waals surface area contributed by atoms with Crippen LogP contribution in [0.4, 0.5) is 0 Å². The molecule has 3 aromatic rings. The van der Waals surface area contributed by atoms with Gasteiger partial charge in [0.2, 0.25) is 5.91 Å². The first-order valence-electron chi connectivity index (χ1n) is 8.90. The summed E-state index contributed by atoms with van der Waals surface area (Å²) in [7, 11) is -3.24. The molecule has 146 valence electrons. The molecule has 8 heteroatoms. The molecule has 1 amide bonds. The van der Waals surface area contributed by atoms with Gasteiger partial charge in [-0.15, -0.1) is 0 Å². The summed E-state index contributed by atoms with van der Waals surface area (Å²) in [6.07, 6.45) is 1.50. The topological polar surface area (TPSA) is 98.1 Å². The molecule has 0 radical (unpaired) electrons. The van der Waals surface area contributed by atoms with Crippen LogP contribution in [0.3, 0.4) is 0 Å². The van der Waals surface area contributed by atoms with Gasteiger partial charge in [-0.1, -0.05) is 42.5 Å². The highest BCUT2D eigenvalue weighted by Crippen LogP contribution is 2.08. The van der Waals surface area contributed by atoms with E-state index in [1.807, 2.05) is 6.07 Å². The van der Waals surface area contributed by atoms with Crippen LogP contribution in [0.15, 0.2) is 65.6 Å². The van der Waals surface area contributed by atoms with Crippen molar-refractivity contribution in [2.45, 2.75) is 18.7 Å². The van der Waals surface area contributed by atoms with Crippen LogP contribution in [-0.4, -0.2) is 36.2 Å². The van der Waals surface area contributed by atoms with Gasteiger partial charge in [0, 0.05) is 6.54 Å². The maximum Gasteiger partial charge on any atom is 0.269 e. The largest absolute Gasteiger partial charge is 0.355 e. The Labute approximate surface area is 163 Å². The number of sulfone groups is 1. The van der Waals surface area contributed by atoms with Crippen molar-refractivity contribution in [2.24, 2.45) is 0 Å². The monoisotopic (exact) mass is 399 g/mol. The molecule has 0 saturated carbocycles. The van der Waals surface area contributed by atoms with E-state index in [9.17, 15) is 18.0 Å². The minimum atomic E-state index is -3.24. The lowest BCUT2D eigenvalue weighted by Crippen LogP contribution is -2.33. The van der Waals surface area contributed by atoms with Crippen LogP contribution in [0.5, 0.6) is 0 Å². The minimum absolute atomic E-state index is 0.0136. The van der Waals surface area contributed by atoms with Gasteiger partial charge in [-0.25, -0.2) is 13.4 Å². The van der Waals surface area contributed by atoms with Gasteiger partial charge in [-0.05, 0) is 24.1 Å². The quantitative estimate of drug-likeness (QED) is 0.579. The first-order valence-corrected chi connectivity index (χ1v) is 10.7. The van der Waals surface area contributed by atoms with Crippen LogP contribution < -0.4 is 10.9 Å². The molecule has 3 rings (SSSR count).